The molecule has 8 heterocycles. The minimum atomic E-state index is -0.565. The second-order valence-corrected chi connectivity index (χ2v) is 17.7. The van der Waals surface area contributed by atoms with Crippen LogP contribution in [0.3, 0.4) is 0 Å². The Balaban J connectivity index is 0.000000160. The number of benzene rings is 2. The Morgan fingerprint density at radius 2 is 1.21 bits per heavy atom. The van der Waals surface area contributed by atoms with E-state index in [1.165, 1.54) is 16.7 Å². The minimum absolute atomic E-state index is 0.107. The summed E-state index contributed by atoms with van der Waals surface area (Å²) in [5, 5.41) is 8.98. The van der Waals surface area contributed by atoms with Gasteiger partial charge < -0.3 is 14.7 Å². The average molecular weight is 855 g/mol. The number of nitrogens with zero attached hydrogens (tertiary/aromatic N) is 8. The van der Waals surface area contributed by atoms with Gasteiger partial charge in [0.1, 0.15) is 18.4 Å². The number of amides is 6. The van der Waals surface area contributed by atoms with Crippen molar-refractivity contribution < 1.29 is 28.8 Å². The summed E-state index contributed by atoms with van der Waals surface area (Å²) >= 11 is 0. The quantitative estimate of drug-likeness (QED) is 0.235. The number of aromatic nitrogens is 4. The Labute approximate surface area is 366 Å². The van der Waals surface area contributed by atoms with Crippen molar-refractivity contribution >= 4 is 35.4 Å². The van der Waals surface area contributed by atoms with Crippen LogP contribution in [0, 0.1) is 6.92 Å². The zero-order chi connectivity index (χ0) is 43.6. The average Bonchev–Trinajstić information content (AvgIpc) is 4.02. The molecular weight excluding hydrogens is 801 g/mol. The van der Waals surface area contributed by atoms with Gasteiger partial charge in [0, 0.05) is 80.0 Å². The van der Waals surface area contributed by atoms with E-state index in [9.17, 15) is 28.8 Å². The molecule has 63 heavy (non-hydrogen) atoms. The number of carbonyl (C=O) groups excluding carboxylic acids is 6. The van der Waals surface area contributed by atoms with Gasteiger partial charge in [-0.15, -0.1) is 0 Å². The van der Waals surface area contributed by atoms with E-state index in [1.807, 2.05) is 48.4 Å². The topological polar surface area (TPSA) is 183 Å². The summed E-state index contributed by atoms with van der Waals surface area (Å²) in [7, 11) is 0. The molecule has 0 aliphatic carbocycles. The van der Waals surface area contributed by atoms with Gasteiger partial charge in [0.05, 0.1) is 6.54 Å². The number of piperidine rings is 4. The first-order chi connectivity index (χ1) is 30.6. The van der Waals surface area contributed by atoms with Crippen LogP contribution in [0.5, 0.6) is 0 Å². The summed E-state index contributed by atoms with van der Waals surface area (Å²) in [6.07, 6.45) is 13.0. The molecule has 16 heteroatoms. The van der Waals surface area contributed by atoms with Gasteiger partial charge in [-0.25, -0.2) is 9.97 Å². The van der Waals surface area contributed by atoms with Crippen LogP contribution in [0.25, 0.3) is 0 Å². The highest BCUT2D eigenvalue weighted by Crippen LogP contribution is 2.35. The van der Waals surface area contributed by atoms with Gasteiger partial charge in [0.15, 0.2) is 0 Å². The molecule has 2 unspecified atom stereocenters. The van der Waals surface area contributed by atoms with Gasteiger partial charge in [-0.2, -0.15) is 5.10 Å². The second-order valence-electron chi connectivity index (χ2n) is 17.7. The molecule has 328 valence electrons. The Bertz CT molecular complexity index is 2400. The summed E-state index contributed by atoms with van der Waals surface area (Å²) in [6.45, 7) is 9.83. The third-order valence-corrected chi connectivity index (χ3v) is 13.8. The lowest BCUT2D eigenvalue weighted by atomic mass is 9.87. The molecule has 6 amide bonds. The van der Waals surface area contributed by atoms with E-state index in [2.05, 4.69) is 59.8 Å². The van der Waals surface area contributed by atoms with Crippen molar-refractivity contribution in [1.29, 1.82) is 0 Å². The normalized spacial score (nSPS) is 22.4. The zero-order valence-electron chi connectivity index (χ0n) is 35.7. The van der Waals surface area contributed by atoms with E-state index in [0.29, 0.717) is 48.9 Å². The van der Waals surface area contributed by atoms with E-state index in [1.54, 1.807) is 16.1 Å². The Kier molecular flexibility index (Phi) is 12.3. The van der Waals surface area contributed by atoms with E-state index >= 15 is 0 Å². The second kappa shape index (κ2) is 18.3. The van der Waals surface area contributed by atoms with Crippen LogP contribution in [0.1, 0.15) is 117 Å². The maximum atomic E-state index is 12.9. The van der Waals surface area contributed by atoms with E-state index in [0.717, 1.165) is 88.3 Å². The van der Waals surface area contributed by atoms with Gasteiger partial charge in [-0.05, 0) is 124 Å². The van der Waals surface area contributed by atoms with E-state index in [4.69, 9.17) is 0 Å². The van der Waals surface area contributed by atoms with Crippen LogP contribution >= 0.6 is 0 Å². The number of likely N-dealkylation sites (tertiary alicyclic amines) is 2. The number of hydrogen-bond acceptors (Lipinski definition) is 11. The Morgan fingerprint density at radius 3 is 1.70 bits per heavy atom. The molecule has 2 atom stereocenters. The van der Waals surface area contributed by atoms with Crippen molar-refractivity contribution in [3.05, 3.63) is 112 Å². The lowest BCUT2D eigenvalue weighted by Gasteiger charge is -2.32. The number of fused-ring (bicyclic) bond motifs is 2. The smallest absolute Gasteiger partial charge is 0.255 e. The fraction of sp³-hybridized carbons (Fsp3) is 0.468. The summed E-state index contributed by atoms with van der Waals surface area (Å²) in [5.41, 5.74) is 8.09. The highest BCUT2D eigenvalue weighted by molar-refractivity contribution is 6.06. The number of rotatable bonds is 9. The van der Waals surface area contributed by atoms with Crippen LogP contribution in [0.4, 0.5) is 0 Å². The van der Waals surface area contributed by atoms with Gasteiger partial charge >= 0.3 is 0 Å². The molecule has 0 bridgehead atoms. The maximum Gasteiger partial charge on any atom is 0.255 e. The minimum Gasteiger partial charge on any atom is -0.322 e. The highest BCUT2D eigenvalue weighted by Gasteiger charge is 2.41. The number of imide groups is 2. The predicted molar refractivity (Wildman–Crippen MR) is 230 cm³/mol. The first-order valence-electron chi connectivity index (χ1n) is 22.3. The van der Waals surface area contributed by atoms with Crippen LogP contribution in [0.2, 0.25) is 0 Å². The fourth-order valence-corrected chi connectivity index (χ4v) is 10.1. The van der Waals surface area contributed by atoms with Crippen molar-refractivity contribution in [3.8, 4) is 0 Å². The van der Waals surface area contributed by atoms with Crippen LogP contribution < -0.4 is 10.6 Å². The first-order valence-corrected chi connectivity index (χ1v) is 22.3. The molecule has 0 radical (unpaired) electrons. The fourth-order valence-electron chi connectivity index (χ4n) is 10.1. The molecule has 2 N–H and O–H groups in total. The third-order valence-electron chi connectivity index (χ3n) is 13.8. The molecule has 4 fully saturated rings. The zero-order valence-corrected chi connectivity index (χ0v) is 35.7. The van der Waals surface area contributed by atoms with Crippen molar-refractivity contribution in [2.45, 2.75) is 108 Å². The van der Waals surface area contributed by atoms with Crippen LogP contribution in [-0.4, -0.2) is 120 Å². The predicted octanol–water partition coefficient (Wildman–Crippen LogP) is 3.45. The van der Waals surface area contributed by atoms with Gasteiger partial charge in [-0.1, -0.05) is 24.3 Å². The first kappa shape index (κ1) is 42.2. The monoisotopic (exact) mass is 854 g/mol. The summed E-state index contributed by atoms with van der Waals surface area (Å²) in [4.78, 5) is 89.7. The standard InChI is InChI=1S/C24H27N5O3.C23H27N5O3/c1-15-19(11-25-14-26-15)12-28-8-6-16(7-9-28)17-2-3-20-18(10-17)13-29(24(20)32)21-4-5-22(30)27-23(21)31;29-21-5-4-20(22(30)25-21)28-15-18-14-17(2-3-19(18)23(28)31)16-6-10-26(11-7-16)12-13-27-9-1-8-24-27/h2-3,10-11,14,16,21H,4-9,12-13H2,1H3,(H,27,30,31);1-3,8-9,14,16,20H,4-7,10-13,15H2,(H,25,29,30). The van der Waals surface area contributed by atoms with E-state index in [-0.39, 0.29) is 48.3 Å². The van der Waals surface area contributed by atoms with Gasteiger partial charge in [-0.3, -0.25) is 49.0 Å². The third kappa shape index (κ3) is 9.18. The maximum absolute atomic E-state index is 12.9. The Morgan fingerprint density at radius 1 is 0.667 bits per heavy atom. The highest BCUT2D eigenvalue weighted by atomic mass is 16.2. The van der Waals surface area contributed by atoms with E-state index < -0.39 is 12.1 Å². The summed E-state index contributed by atoms with van der Waals surface area (Å²) < 4.78 is 1.97. The molecular formula is C47H54N10O6. The number of carbonyl (C=O) groups is 6. The van der Waals surface area contributed by atoms with Crippen molar-refractivity contribution in [2.75, 3.05) is 32.7 Å². The number of aryl methyl sites for hydroxylation is 1. The molecule has 0 spiro atoms. The van der Waals surface area contributed by atoms with Gasteiger partial charge in [0.25, 0.3) is 11.8 Å². The Hall–Kier alpha value is -6.13. The van der Waals surface area contributed by atoms with Gasteiger partial charge in [0.2, 0.25) is 23.6 Å². The van der Waals surface area contributed by atoms with Crippen molar-refractivity contribution in [2.24, 2.45) is 0 Å². The molecule has 2 aromatic heterocycles. The summed E-state index contributed by atoms with van der Waals surface area (Å²) in [5.74, 6) is -0.520. The lowest BCUT2D eigenvalue weighted by Crippen LogP contribution is -2.52. The molecule has 16 nitrogen and oxygen atoms in total. The molecule has 4 saturated heterocycles. The molecule has 0 saturated carbocycles. The van der Waals surface area contributed by atoms with Crippen molar-refractivity contribution in [1.82, 2.24) is 50.0 Å². The summed E-state index contributed by atoms with van der Waals surface area (Å²) in [6, 6.07) is 13.1. The van der Waals surface area contributed by atoms with Crippen molar-refractivity contribution in [3.63, 3.8) is 0 Å². The lowest BCUT2D eigenvalue weighted by molar-refractivity contribution is -0.138. The molecule has 6 aliphatic rings. The molecule has 2 aromatic carbocycles. The SMILES string of the molecule is Cc1ncncc1CN1CCC(c2ccc3c(c2)CN(C2CCC(=O)NC2=O)C3=O)CC1.O=C1CCC(N2Cc3cc(C4CCN(CCn5cccn5)CC4)ccc3C2=O)C(=O)N1. The molecule has 6 aliphatic heterocycles. The molecule has 4 aromatic rings. The largest absolute Gasteiger partial charge is 0.322 e. The number of hydrogen-bond donors (Lipinski definition) is 2. The van der Waals surface area contributed by atoms with Crippen LogP contribution in [0.15, 0.2) is 67.4 Å². The molecule has 10 rings (SSSR count). The number of nitrogens with one attached hydrogen (secondary N) is 2. The van der Waals surface area contributed by atoms with Crippen LogP contribution in [-0.2, 0) is 45.4 Å².